The van der Waals surface area contributed by atoms with Gasteiger partial charge in [0.25, 0.3) is 0 Å². The van der Waals surface area contributed by atoms with Crippen molar-refractivity contribution in [2.24, 2.45) is 7.05 Å². The minimum Gasteiger partial charge on any atom is -0.478 e. The number of rotatable bonds is 11. The van der Waals surface area contributed by atoms with Gasteiger partial charge in [-0.15, -0.1) is 0 Å². The molecule has 1 aromatic heterocycles. The lowest BCUT2D eigenvalue weighted by molar-refractivity contribution is 0.0687. The number of aromatic carboxylic acids is 1. The third-order valence-corrected chi connectivity index (χ3v) is 3.18. The average molecular weight is 299 g/mol. The molecule has 1 heterocycles. The third kappa shape index (κ3) is 5.82. The molecule has 1 rings (SSSR count). The number of aryl methyl sites for hydroxylation is 1. The lowest BCUT2D eigenvalue weighted by Gasteiger charge is -2.22. The van der Waals surface area contributed by atoms with Crippen LogP contribution in [0.1, 0.15) is 29.9 Å². The number of carboxylic acid groups (broad SMARTS) is 1. The molecule has 7 heteroatoms. The summed E-state index contributed by atoms with van der Waals surface area (Å²) in [5.41, 5.74) is 0.936. The van der Waals surface area contributed by atoms with Crippen LogP contribution in [0.2, 0.25) is 0 Å². The number of carbonyl (C=O) groups is 1. The van der Waals surface area contributed by atoms with E-state index in [1.54, 1.807) is 11.7 Å². The maximum atomic E-state index is 11.2. The normalized spacial score (nSPS) is 11.2. The zero-order valence-corrected chi connectivity index (χ0v) is 13.0. The van der Waals surface area contributed by atoms with Gasteiger partial charge in [-0.05, 0) is 13.8 Å². The van der Waals surface area contributed by atoms with Crippen LogP contribution in [0.25, 0.3) is 0 Å². The SMILES string of the molecule is CCOCCN(CCOCC)Cc1c(C(=O)O)cnn1C. The van der Waals surface area contributed by atoms with Crippen LogP contribution >= 0.6 is 0 Å². The summed E-state index contributed by atoms with van der Waals surface area (Å²) in [6, 6.07) is 0. The van der Waals surface area contributed by atoms with Crippen molar-refractivity contribution in [1.29, 1.82) is 0 Å². The Morgan fingerprint density at radius 3 is 2.33 bits per heavy atom. The van der Waals surface area contributed by atoms with Crippen molar-refractivity contribution in [3.8, 4) is 0 Å². The Kier molecular flexibility index (Phi) is 7.96. The summed E-state index contributed by atoms with van der Waals surface area (Å²) in [4.78, 5) is 13.3. The zero-order valence-electron chi connectivity index (χ0n) is 13.0. The summed E-state index contributed by atoms with van der Waals surface area (Å²) in [6.45, 7) is 8.44. The second-order valence-electron chi connectivity index (χ2n) is 4.60. The fraction of sp³-hybridized carbons (Fsp3) is 0.714. The van der Waals surface area contributed by atoms with Gasteiger partial charge in [-0.25, -0.2) is 4.79 Å². The third-order valence-electron chi connectivity index (χ3n) is 3.18. The Hall–Kier alpha value is -1.44. The van der Waals surface area contributed by atoms with E-state index in [2.05, 4.69) is 10.00 Å². The molecule has 0 aromatic carbocycles. The number of carboxylic acids is 1. The van der Waals surface area contributed by atoms with E-state index in [0.717, 1.165) is 13.1 Å². The van der Waals surface area contributed by atoms with Crippen LogP contribution in [0.3, 0.4) is 0 Å². The molecule has 0 saturated heterocycles. The van der Waals surface area contributed by atoms with Gasteiger partial charge in [0.15, 0.2) is 0 Å². The van der Waals surface area contributed by atoms with Gasteiger partial charge in [0.05, 0.1) is 25.1 Å². The van der Waals surface area contributed by atoms with Crippen LogP contribution in [0.15, 0.2) is 6.20 Å². The number of hydrogen-bond donors (Lipinski definition) is 1. The molecular formula is C14H25N3O4. The fourth-order valence-corrected chi connectivity index (χ4v) is 1.99. The van der Waals surface area contributed by atoms with E-state index in [0.29, 0.717) is 38.7 Å². The predicted molar refractivity (Wildman–Crippen MR) is 78.4 cm³/mol. The Balaban J connectivity index is 2.69. The molecule has 0 spiro atoms. The molecule has 1 aromatic rings. The van der Waals surface area contributed by atoms with E-state index >= 15 is 0 Å². The molecule has 0 bridgehead atoms. The lowest BCUT2D eigenvalue weighted by atomic mass is 10.2. The molecule has 0 aliphatic heterocycles. The molecule has 0 fully saturated rings. The summed E-state index contributed by atoms with van der Waals surface area (Å²) in [5, 5.41) is 13.2. The molecule has 0 atom stereocenters. The monoisotopic (exact) mass is 299 g/mol. The van der Waals surface area contributed by atoms with E-state index in [9.17, 15) is 9.90 Å². The van der Waals surface area contributed by atoms with Crippen molar-refractivity contribution in [3.63, 3.8) is 0 Å². The van der Waals surface area contributed by atoms with Crippen LogP contribution in [0, 0.1) is 0 Å². The van der Waals surface area contributed by atoms with E-state index < -0.39 is 5.97 Å². The number of hydrogen-bond acceptors (Lipinski definition) is 5. The second kappa shape index (κ2) is 9.49. The first-order chi connectivity index (χ1) is 10.1. The van der Waals surface area contributed by atoms with Crippen molar-refractivity contribution in [1.82, 2.24) is 14.7 Å². The van der Waals surface area contributed by atoms with Gasteiger partial charge in [-0.2, -0.15) is 5.10 Å². The van der Waals surface area contributed by atoms with E-state index in [1.807, 2.05) is 13.8 Å². The maximum Gasteiger partial charge on any atom is 0.339 e. The molecule has 1 N–H and O–H groups in total. The smallest absolute Gasteiger partial charge is 0.339 e. The summed E-state index contributed by atoms with van der Waals surface area (Å²) >= 11 is 0. The molecule has 0 aliphatic carbocycles. The van der Waals surface area contributed by atoms with E-state index in [1.165, 1.54) is 6.20 Å². The highest BCUT2D eigenvalue weighted by molar-refractivity contribution is 5.88. The minimum atomic E-state index is -0.951. The van der Waals surface area contributed by atoms with Crippen molar-refractivity contribution < 1.29 is 19.4 Å². The summed E-state index contributed by atoms with van der Waals surface area (Å²) in [6.07, 6.45) is 1.39. The summed E-state index contributed by atoms with van der Waals surface area (Å²) in [7, 11) is 1.75. The molecule has 7 nitrogen and oxygen atoms in total. The van der Waals surface area contributed by atoms with Gasteiger partial charge in [0.1, 0.15) is 5.56 Å². The highest BCUT2D eigenvalue weighted by Crippen LogP contribution is 2.11. The molecule has 0 amide bonds. The van der Waals surface area contributed by atoms with Crippen LogP contribution in [-0.4, -0.2) is 65.3 Å². The van der Waals surface area contributed by atoms with Crippen LogP contribution in [-0.2, 0) is 23.1 Å². The highest BCUT2D eigenvalue weighted by atomic mass is 16.5. The maximum absolute atomic E-state index is 11.2. The zero-order chi connectivity index (χ0) is 15.7. The lowest BCUT2D eigenvalue weighted by Crippen LogP contribution is -2.32. The molecule has 120 valence electrons. The topological polar surface area (TPSA) is 76.8 Å². The Morgan fingerprint density at radius 2 is 1.86 bits per heavy atom. The molecule has 0 unspecified atom stereocenters. The van der Waals surface area contributed by atoms with Crippen molar-refractivity contribution in [2.45, 2.75) is 20.4 Å². The van der Waals surface area contributed by atoms with E-state index in [-0.39, 0.29) is 5.56 Å². The summed E-state index contributed by atoms with van der Waals surface area (Å²) in [5.74, 6) is -0.951. The predicted octanol–water partition coefficient (Wildman–Crippen LogP) is 0.993. The number of aromatic nitrogens is 2. The minimum absolute atomic E-state index is 0.246. The largest absolute Gasteiger partial charge is 0.478 e. The van der Waals surface area contributed by atoms with Gasteiger partial charge >= 0.3 is 5.97 Å². The van der Waals surface area contributed by atoms with Gasteiger partial charge < -0.3 is 14.6 Å². The van der Waals surface area contributed by atoms with Gasteiger partial charge in [-0.3, -0.25) is 9.58 Å². The van der Waals surface area contributed by atoms with Gasteiger partial charge in [0, 0.05) is 39.9 Å². The molecular weight excluding hydrogens is 274 g/mol. The first-order valence-electron chi connectivity index (χ1n) is 7.22. The quantitative estimate of drug-likeness (QED) is 0.614. The first-order valence-corrected chi connectivity index (χ1v) is 7.22. The van der Waals surface area contributed by atoms with Crippen LogP contribution < -0.4 is 0 Å². The first kappa shape index (κ1) is 17.6. The Morgan fingerprint density at radius 1 is 1.29 bits per heavy atom. The Labute approximate surface area is 125 Å². The number of ether oxygens (including phenoxy) is 2. The highest BCUT2D eigenvalue weighted by Gasteiger charge is 2.17. The summed E-state index contributed by atoms with van der Waals surface area (Å²) < 4.78 is 12.4. The van der Waals surface area contributed by atoms with E-state index in [4.69, 9.17) is 9.47 Å². The van der Waals surface area contributed by atoms with Crippen molar-refractivity contribution >= 4 is 5.97 Å². The molecule has 0 saturated carbocycles. The van der Waals surface area contributed by atoms with Crippen molar-refractivity contribution in [3.05, 3.63) is 17.5 Å². The van der Waals surface area contributed by atoms with Gasteiger partial charge in [0.2, 0.25) is 0 Å². The van der Waals surface area contributed by atoms with Crippen LogP contribution in [0.5, 0.6) is 0 Å². The van der Waals surface area contributed by atoms with Crippen molar-refractivity contribution in [2.75, 3.05) is 39.5 Å². The number of nitrogens with zero attached hydrogens (tertiary/aromatic N) is 3. The van der Waals surface area contributed by atoms with Crippen LogP contribution in [0.4, 0.5) is 0 Å². The Bertz CT molecular complexity index is 424. The standard InChI is InChI=1S/C14H25N3O4/c1-4-20-8-6-17(7-9-21-5-2)11-13-12(14(18)19)10-15-16(13)3/h10H,4-9,11H2,1-3H3,(H,18,19). The molecule has 0 aliphatic rings. The second-order valence-corrected chi connectivity index (χ2v) is 4.60. The molecule has 0 radical (unpaired) electrons. The fourth-order valence-electron chi connectivity index (χ4n) is 1.99. The van der Waals surface area contributed by atoms with Gasteiger partial charge in [-0.1, -0.05) is 0 Å². The average Bonchev–Trinajstić information content (AvgIpc) is 2.80. The molecule has 21 heavy (non-hydrogen) atoms.